The van der Waals surface area contributed by atoms with Crippen molar-refractivity contribution in [1.29, 1.82) is 0 Å². The van der Waals surface area contributed by atoms with Crippen LogP contribution < -0.4 is 15.2 Å². The molecule has 0 aliphatic carbocycles. The lowest BCUT2D eigenvalue weighted by atomic mass is 9.95. The molecule has 4 rings (SSSR count). The lowest BCUT2D eigenvalue weighted by molar-refractivity contribution is 0.0984. The Morgan fingerprint density at radius 2 is 2.09 bits per heavy atom. The second-order valence-corrected chi connectivity index (χ2v) is 8.65. The maximum Gasteiger partial charge on any atom is 0.249 e. The molecule has 1 amide bonds. The summed E-state index contributed by atoms with van der Waals surface area (Å²) in [6, 6.07) is 8.46. The number of carbonyl (C=O) groups is 1. The van der Waals surface area contributed by atoms with Gasteiger partial charge in [0, 0.05) is 34.3 Å². The lowest BCUT2D eigenvalue weighted by Gasteiger charge is -2.36. The minimum absolute atomic E-state index is 0.148. The average Bonchev–Trinajstić information content (AvgIpc) is 3.21. The van der Waals surface area contributed by atoms with Crippen molar-refractivity contribution in [2.24, 2.45) is 5.73 Å². The van der Waals surface area contributed by atoms with Crippen LogP contribution in [0.25, 0.3) is 10.9 Å². The molecule has 7 heteroatoms. The van der Waals surface area contributed by atoms with Gasteiger partial charge in [-0.3, -0.25) is 9.69 Å². The van der Waals surface area contributed by atoms with Crippen LogP contribution in [0.3, 0.4) is 0 Å². The van der Waals surface area contributed by atoms with E-state index >= 15 is 0 Å². The Morgan fingerprint density at radius 3 is 2.85 bits per heavy atom. The van der Waals surface area contributed by atoms with E-state index in [1.807, 2.05) is 6.20 Å². The molecule has 0 saturated carbocycles. The predicted octanol–water partition coefficient (Wildman–Crippen LogP) is 4.45. The Labute approximate surface area is 193 Å². The minimum Gasteiger partial charge on any atom is -0.493 e. The number of ether oxygens (including phenoxy) is 2. The first kappa shape index (κ1) is 23.1. The first-order valence-corrected chi connectivity index (χ1v) is 11.6. The zero-order chi connectivity index (χ0) is 23.4. The fourth-order valence-electron chi connectivity index (χ4n) is 4.74. The summed E-state index contributed by atoms with van der Waals surface area (Å²) in [5.74, 6) is 0.581. The first-order chi connectivity index (χ1) is 16.0. The number of amides is 1. The maximum atomic E-state index is 13.7. The summed E-state index contributed by atoms with van der Waals surface area (Å²) in [6.45, 7) is 4.56. The number of carbonyl (C=O) groups excluding carboxylic acids is 1. The highest BCUT2D eigenvalue weighted by Crippen LogP contribution is 2.38. The number of unbranched alkanes of at least 4 members (excludes halogenated alkanes) is 1. The number of aryl methyl sites for hydroxylation is 1. The monoisotopic (exact) mass is 453 g/mol. The van der Waals surface area contributed by atoms with Crippen molar-refractivity contribution in [1.82, 2.24) is 9.88 Å². The predicted molar refractivity (Wildman–Crippen MR) is 128 cm³/mol. The number of hydrogen-bond acceptors (Lipinski definition) is 4. The van der Waals surface area contributed by atoms with Crippen LogP contribution in [0.4, 0.5) is 4.39 Å². The van der Waals surface area contributed by atoms with E-state index in [0.29, 0.717) is 30.1 Å². The van der Waals surface area contributed by atoms with Crippen LogP contribution >= 0.6 is 0 Å². The molecule has 0 spiro atoms. The van der Waals surface area contributed by atoms with Crippen LogP contribution in [-0.2, 0) is 12.8 Å². The van der Waals surface area contributed by atoms with E-state index < -0.39 is 5.91 Å². The van der Waals surface area contributed by atoms with Crippen LogP contribution in [0.2, 0.25) is 0 Å². The number of hydrogen-bond donors (Lipinski definition) is 2. The van der Waals surface area contributed by atoms with Gasteiger partial charge >= 0.3 is 0 Å². The summed E-state index contributed by atoms with van der Waals surface area (Å²) in [7, 11) is 1.60. The third kappa shape index (κ3) is 4.98. The third-order valence-corrected chi connectivity index (χ3v) is 6.51. The number of nitrogens with zero attached hydrogens (tertiary/aromatic N) is 1. The lowest BCUT2D eigenvalue weighted by Crippen LogP contribution is -2.44. The summed E-state index contributed by atoms with van der Waals surface area (Å²) in [5.41, 5.74) is 9.05. The number of halogens is 1. The number of H-pyrrole nitrogens is 1. The highest BCUT2D eigenvalue weighted by Gasteiger charge is 2.30. The van der Waals surface area contributed by atoms with Gasteiger partial charge in [-0.15, -0.1) is 0 Å². The van der Waals surface area contributed by atoms with E-state index in [2.05, 4.69) is 16.8 Å². The van der Waals surface area contributed by atoms with Gasteiger partial charge in [-0.25, -0.2) is 4.39 Å². The number of fused-ring (bicyclic) bond motifs is 2. The van der Waals surface area contributed by atoms with Crippen LogP contribution in [0.5, 0.6) is 11.5 Å². The van der Waals surface area contributed by atoms with Gasteiger partial charge in [-0.2, -0.15) is 0 Å². The molecule has 6 nitrogen and oxygen atoms in total. The Kier molecular flexibility index (Phi) is 7.18. The number of primary amides is 1. The molecule has 3 N–H and O–H groups in total. The molecule has 176 valence electrons. The van der Waals surface area contributed by atoms with Gasteiger partial charge in [-0.1, -0.05) is 13.3 Å². The van der Waals surface area contributed by atoms with Crippen molar-refractivity contribution in [2.45, 2.75) is 45.1 Å². The van der Waals surface area contributed by atoms with Crippen molar-refractivity contribution in [3.05, 3.63) is 59.0 Å². The largest absolute Gasteiger partial charge is 0.493 e. The van der Waals surface area contributed by atoms with Crippen LogP contribution in [0.15, 0.2) is 36.5 Å². The van der Waals surface area contributed by atoms with E-state index in [1.165, 1.54) is 6.07 Å². The molecule has 1 atom stereocenters. The fourth-order valence-corrected chi connectivity index (χ4v) is 4.74. The summed E-state index contributed by atoms with van der Waals surface area (Å²) >= 11 is 0. The zero-order valence-electron chi connectivity index (χ0n) is 19.3. The van der Waals surface area contributed by atoms with Crippen LogP contribution in [-0.4, -0.2) is 48.6 Å². The van der Waals surface area contributed by atoms with Gasteiger partial charge in [0.2, 0.25) is 5.91 Å². The van der Waals surface area contributed by atoms with E-state index in [1.54, 1.807) is 31.4 Å². The fraction of sp³-hybridized carbons (Fsp3) is 0.423. The summed E-state index contributed by atoms with van der Waals surface area (Å²) in [6.07, 6.45) is 6.65. The normalized spacial score (nSPS) is 15.5. The zero-order valence-corrected chi connectivity index (χ0v) is 19.3. The third-order valence-electron chi connectivity index (χ3n) is 6.51. The molecule has 2 heterocycles. The molecule has 0 saturated heterocycles. The van der Waals surface area contributed by atoms with E-state index in [0.717, 1.165) is 60.8 Å². The number of nitrogens with two attached hydrogens (primary N) is 1. The summed E-state index contributed by atoms with van der Waals surface area (Å²) in [5, 5.41) is 0.947. The number of aromatic amines is 1. The van der Waals surface area contributed by atoms with Gasteiger partial charge in [0.15, 0.2) is 11.5 Å². The Balaban J connectivity index is 1.49. The van der Waals surface area contributed by atoms with Crippen LogP contribution in [0, 0.1) is 5.82 Å². The highest BCUT2D eigenvalue weighted by atomic mass is 19.1. The molecule has 33 heavy (non-hydrogen) atoms. The van der Waals surface area contributed by atoms with Crippen molar-refractivity contribution >= 4 is 16.8 Å². The summed E-state index contributed by atoms with van der Waals surface area (Å²) < 4.78 is 25.3. The minimum atomic E-state index is -0.454. The second kappa shape index (κ2) is 10.3. The van der Waals surface area contributed by atoms with Crippen molar-refractivity contribution in [2.75, 3.05) is 26.8 Å². The Bertz CT molecular complexity index is 1130. The van der Waals surface area contributed by atoms with Crippen molar-refractivity contribution in [3.63, 3.8) is 0 Å². The molecular formula is C26H32FN3O3. The number of benzene rings is 2. The standard InChI is InChI=1S/C26H32FN3O3/c1-3-4-11-30(12-5-6-17-15-29-23-9-7-18(27)13-21(17)23)19-14-22-20(26(28)31)8-10-24(32-2)25(22)33-16-19/h7-10,13,15,19,29H,3-6,11-12,14,16H2,1-2H3,(H2,28,31)/t19-/m1/s1. The average molecular weight is 454 g/mol. The highest BCUT2D eigenvalue weighted by molar-refractivity contribution is 5.95. The molecule has 0 unspecified atom stereocenters. The molecule has 3 aromatic rings. The van der Waals surface area contributed by atoms with Crippen molar-refractivity contribution < 1.29 is 18.7 Å². The molecule has 1 aliphatic rings. The number of methoxy groups -OCH3 is 1. The smallest absolute Gasteiger partial charge is 0.249 e. The van der Waals surface area contributed by atoms with E-state index in [9.17, 15) is 9.18 Å². The van der Waals surface area contributed by atoms with Gasteiger partial charge in [-0.05, 0) is 74.7 Å². The molecule has 0 bridgehead atoms. The molecule has 0 radical (unpaired) electrons. The first-order valence-electron chi connectivity index (χ1n) is 11.6. The molecular weight excluding hydrogens is 421 g/mol. The van der Waals surface area contributed by atoms with E-state index in [-0.39, 0.29) is 11.9 Å². The molecule has 1 aromatic heterocycles. The van der Waals surface area contributed by atoms with Gasteiger partial charge in [0.05, 0.1) is 7.11 Å². The number of aromatic nitrogens is 1. The second-order valence-electron chi connectivity index (χ2n) is 8.65. The van der Waals surface area contributed by atoms with Gasteiger partial charge < -0.3 is 20.2 Å². The molecule has 1 aliphatic heterocycles. The Morgan fingerprint density at radius 1 is 1.27 bits per heavy atom. The van der Waals surface area contributed by atoms with Gasteiger partial charge in [0.1, 0.15) is 12.4 Å². The Hall–Kier alpha value is -3.06. The molecule has 0 fully saturated rings. The summed E-state index contributed by atoms with van der Waals surface area (Å²) in [4.78, 5) is 17.7. The number of nitrogens with one attached hydrogen (secondary N) is 1. The quantitative estimate of drug-likeness (QED) is 0.475. The SMILES string of the molecule is CCCCN(CCCc1c[nH]c2ccc(F)cc12)[C@H]1COc2c(OC)ccc(C(N)=O)c2C1. The maximum absolute atomic E-state index is 13.7. The topological polar surface area (TPSA) is 80.6 Å². The number of rotatable bonds is 10. The van der Waals surface area contributed by atoms with Gasteiger partial charge in [0.25, 0.3) is 0 Å². The van der Waals surface area contributed by atoms with E-state index in [4.69, 9.17) is 15.2 Å². The van der Waals surface area contributed by atoms with Crippen molar-refractivity contribution in [3.8, 4) is 11.5 Å². The van der Waals surface area contributed by atoms with Crippen LogP contribution in [0.1, 0.15) is 47.7 Å². The molecule has 2 aromatic carbocycles.